The van der Waals surface area contributed by atoms with Crippen molar-refractivity contribution < 1.29 is 14.3 Å². The molecule has 1 atom stereocenters. The Morgan fingerprint density at radius 2 is 1.79 bits per heavy atom. The zero-order valence-corrected chi connectivity index (χ0v) is 26.7. The second kappa shape index (κ2) is 16.6. The number of anilines is 2. The first-order chi connectivity index (χ1) is 20.8. The zero-order chi connectivity index (χ0) is 30.5. The lowest BCUT2D eigenvalue weighted by molar-refractivity contribution is -0.116. The van der Waals surface area contributed by atoms with Gasteiger partial charge in [-0.2, -0.15) is 0 Å². The topological polar surface area (TPSA) is 91.0 Å². The molecule has 1 saturated heterocycles. The quantitative estimate of drug-likeness (QED) is 0.226. The molecule has 3 N–H and O–H groups in total. The molecule has 2 aliphatic rings. The van der Waals surface area contributed by atoms with Gasteiger partial charge in [-0.15, -0.1) is 0 Å². The molecule has 0 bridgehead atoms. The van der Waals surface area contributed by atoms with Crippen LogP contribution < -0.4 is 25.6 Å². The van der Waals surface area contributed by atoms with Crippen LogP contribution in [0.3, 0.4) is 0 Å². The highest BCUT2D eigenvalue weighted by molar-refractivity contribution is 5.90. The molecule has 9 heteroatoms. The summed E-state index contributed by atoms with van der Waals surface area (Å²) in [6.07, 6.45) is 9.14. The Labute approximate surface area is 258 Å². The van der Waals surface area contributed by atoms with E-state index in [4.69, 9.17) is 9.47 Å². The number of rotatable bonds is 17. The van der Waals surface area contributed by atoms with Gasteiger partial charge in [0.05, 0.1) is 24.6 Å². The van der Waals surface area contributed by atoms with Gasteiger partial charge < -0.3 is 30.3 Å². The number of nitrogens with zero attached hydrogens (tertiary/aromatic N) is 3. The number of benzene rings is 1. The number of amides is 1. The maximum absolute atomic E-state index is 12.4. The predicted molar refractivity (Wildman–Crippen MR) is 175 cm³/mol. The molecule has 4 rings (SSSR count). The van der Waals surface area contributed by atoms with E-state index in [1.54, 1.807) is 18.9 Å². The Morgan fingerprint density at radius 3 is 2.44 bits per heavy atom. The minimum atomic E-state index is -0.0915. The fraction of sp³-hybridized carbons (Fsp3) is 0.588. The Bertz CT molecular complexity index is 1130. The number of carbonyl (C=O) groups is 1. The molecule has 43 heavy (non-hydrogen) atoms. The third kappa shape index (κ3) is 12.6. The number of hydrogen-bond donors (Lipinski definition) is 3. The predicted octanol–water partition coefficient (Wildman–Crippen LogP) is 4.81. The molecule has 2 heterocycles. The van der Waals surface area contributed by atoms with Crippen molar-refractivity contribution in [1.29, 1.82) is 0 Å². The van der Waals surface area contributed by atoms with Crippen LogP contribution in [-0.2, 0) is 16.1 Å². The van der Waals surface area contributed by atoms with Crippen molar-refractivity contribution in [3.8, 4) is 5.75 Å². The van der Waals surface area contributed by atoms with Crippen molar-refractivity contribution >= 4 is 17.4 Å². The summed E-state index contributed by atoms with van der Waals surface area (Å²) >= 11 is 0. The Hall–Kier alpha value is -3.14. The number of methoxy groups -OCH3 is 1. The molecule has 2 fully saturated rings. The molecule has 236 valence electrons. The molecule has 1 unspecified atom stereocenters. The number of pyridine rings is 1. The summed E-state index contributed by atoms with van der Waals surface area (Å²) in [5.74, 6) is 2.39. The molecule has 1 saturated carbocycles. The second-order valence-electron chi connectivity index (χ2n) is 12.7. The van der Waals surface area contributed by atoms with Gasteiger partial charge in [0.25, 0.3) is 0 Å². The summed E-state index contributed by atoms with van der Waals surface area (Å²) in [5.41, 5.74) is 3.34. The largest absolute Gasteiger partial charge is 0.497 e. The molecular formula is C34H52N6O3. The third-order valence-corrected chi connectivity index (χ3v) is 7.86. The van der Waals surface area contributed by atoms with Crippen LogP contribution in [0.2, 0.25) is 0 Å². The minimum Gasteiger partial charge on any atom is -0.497 e. The fourth-order valence-electron chi connectivity index (χ4n) is 5.15. The van der Waals surface area contributed by atoms with Crippen molar-refractivity contribution in [2.24, 2.45) is 5.92 Å². The van der Waals surface area contributed by atoms with E-state index in [1.807, 2.05) is 36.4 Å². The highest BCUT2D eigenvalue weighted by Gasteiger charge is 2.22. The van der Waals surface area contributed by atoms with E-state index in [-0.39, 0.29) is 11.5 Å². The van der Waals surface area contributed by atoms with Crippen LogP contribution in [0.15, 0.2) is 54.4 Å². The number of piperazine rings is 1. The van der Waals surface area contributed by atoms with Crippen LogP contribution in [0.5, 0.6) is 5.75 Å². The van der Waals surface area contributed by atoms with Crippen molar-refractivity contribution in [2.75, 3.05) is 69.7 Å². The SMILES string of the molecule is COc1ccc(CNCCC(=O)Nc2ccc(N3CCN(CC(CCNC=C4CC4)CCOC(C)(C)C)CC3)nc2)cc1. The molecule has 0 spiro atoms. The first-order valence-corrected chi connectivity index (χ1v) is 15.9. The second-order valence-corrected chi connectivity index (χ2v) is 12.7. The lowest BCUT2D eigenvalue weighted by Gasteiger charge is -2.37. The minimum absolute atomic E-state index is 0.0211. The average Bonchev–Trinajstić information content (AvgIpc) is 3.82. The van der Waals surface area contributed by atoms with Crippen molar-refractivity contribution in [1.82, 2.24) is 20.5 Å². The summed E-state index contributed by atoms with van der Waals surface area (Å²) < 4.78 is 11.2. The average molecular weight is 593 g/mol. The van der Waals surface area contributed by atoms with Crippen LogP contribution in [-0.4, -0.2) is 80.9 Å². The van der Waals surface area contributed by atoms with Gasteiger partial charge in [0, 0.05) is 65.4 Å². The van der Waals surface area contributed by atoms with E-state index in [2.05, 4.69) is 57.7 Å². The normalized spacial score (nSPS) is 16.1. The van der Waals surface area contributed by atoms with E-state index >= 15 is 0 Å². The van der Waals surface area contributed by atoms with E-state index in [9.17, 15) is 4.79 Å². The van der Waals surface area contributed by atoms with Gasteiger partial charge in [0.2, 0.25) is 5.91 Å². The first-order valence-electron chi connectivity index (χ1n) is 15.9. The highest BCUT2D eigenvalue weighted by atomic mass is 16.5. The summed E-state index contributed by atoms with van der Waals surface area (Å²) in [6, 6.07) is 11.9. The standard InChI is InChI=1S/C34H52N6O3/c1-34(2,3)43-22-15-29(13-16-35-23-27-5-6-27)26-39-18-20-40(21-19-39)32-12-9-30(25-37-32)38-33(41)14-17-36-24-28-7-10-31(42-4)11-8-28/h7-12,23,25,29,35-36H,5-6,13-22,24,26H2,1-4H3,(H,38,41). The molecule has 9 nitrogen and oxygen atoms in total. The fourth-order valence-corrected chi connectivity index (χ4v) is 5.15. The lowest BCUT2D eigenvalue weighted by Crippen LogP contribution is -2.48. The number of nitrogens with one attached hydrogen (secondary N) is 3. The number of ether oxygens (including phenoxy) is 2. The van der Waals surface area contributed by atoms with Gasteiger partial charge in [0.15, 0.2) is 0 Å². The number of hydrogen-bond acceptors (Lipinski definition) is 8. The molecule has 1 aliphatic heterocycles. The lowest BCUT2D eigenvalue weighted by atomic mass is 10.00. The Balaban J connectivity index is 1.14. The van der Waals surface area contributed by atoms with Gasteiger partial charge in [-0.3, -0.25) is 9.69 Å². The van der Waals surface area contributed by atoms with Crippen molar-refractivity contribution in [3.63, 3.8) is 0 Å². The number of allylic oxidation sites excluding steroid dienone is 1. The molecule has 1 aromatic heterocycles. The van der Waals surface area contributed by atoms with Gasteiger partial charge in [-0.25, -0.2) is 4.98 Å². The molecule has 1 aliphatic carbocycles. The smallest absolute Gasteiger partial charge is 0.225 e. The van der Waals surface area contributed by atoms with Crippen LogP contribution in [0.25, 0.3) is 0 Å². The molecule has 1 aromatic carbocycles. The molecule has 1 amide bonds. The van der Waals surface area contributed by atoms with E-state index in [0.717, 1.165) is 81.5 Å². The van der Waals surface area contributed by atoms with Gasteiger partial charge in [0.1, 0.15) is 11.6 Å². The summed E-state index contributed by atoms with van der Waals surface area (Å²) in [5, 5.41) is 9.80. The molecule has 2 aromatic rings. The highest BCUT2D eigenvalue weighted by Crippen LogP contribution is 2.26. The number of carbonyl (C=O) groups excluding carboxylic acids is 1. The Kier molecular flexibility index (Phi) is 12.7. The van der Waals surface area contributed by atoms with E-state index in [1.165, 1.54) is 12.8 Å². The van der Waals surface area contributed by atoms with Crippen molar-refractivity contribution in [2.45, 2.75) is 65.0 Å². The van der Waals surface area contributed by atoms with E-state index < -0.39 is 0 Å². The third-order valence-electron chi connectivity index (χ3n) is 7.86. The van der Waals surface area contributed by atoms with Crippen LogP contribution >= 0.6 is 0 Å². The monoisotopic (exact) mass is 592 g/mol. The van der Waals surface area contributed by atoms with Crippen LogP contribution in [0.1, 0.15) is 58.4 Å². The van der Waals surface area contributed by atoms with Crippen LogP contribution in [0, 0.1) is 5.92 Å². The van der Waals surface area contributed by atoms with Gasteiger partial charge in [-0.05, 0) is 88.4 Å². The zero-order valence-electron chi connectivity index (χ0n) is 26.7. The van der Waals surface area contributed by atoms with E-state index in [0.29, 0.717) is 25.4 Å². The maximum atomic E-state index is 12.4. The van der Waals surface area contributed by atoms with Gasteiger partial charge >= 0.3 is 0 Å². The summed E-state index contributed by atoms with van der Waals surface area (Å²) in [6.45, 7) is 14.6. The first kappa shape index (κ1) is 32.8. The summed E-state index contributed by atoms with van der Waals surface area (Å²) in [7, 11) is 1.66. The summed E-state index contributed by atoms with van der Waals surface area (Å²) in [4.78, 5) is 22.0. The molecule has 0 radical (unpaired) electrons. The number of aromatic nitrogens is 1. The van der Waals surface area contributed by atoms with Crippen molar-refractivity contribution in [3.05, 3.63) is 59.9 Å². The van der Waals surface area contributed by atoms with Crippen LogP contribution in [0.4, 0.5) is 11.5 Å². The maximum Gasteiger partial charge on any atom is 0.225 e. The molecular weight excluding hydrogens is 540 g/mol. The van der Waals surface area contributed by atoms with Gasteiger partial charge in [-0.1, -0.05) is 17.7 Å². The Morgan fingerprint density at radius 1 is 1.02 bits per heavy atom.